The maximum Gasteiger partial charge on any atom is 0.191 e. The highest BCUT2D eigenvalue weighted by atomic mass is 16.8. The lowest BCUT2D eigenvalue weighted by Crippen LogP contribution is -2.14. The van der Waals surface area contributed by atoms with Gasteiger partial charge >= 0.3 is 0 Å². The molecule has 0 aromatic carbocycles. The van der Waals surface area contributed by atoms with Gasteiger partial charge in [0.05, 0.1) is 6.61 Å². The molecule has 0 radical (unpaired) electrons. The number of epoxide rings is 2. The Morgan fingerprint density at radius 2 is 2.36 bits per heavy atom. The molecular weight excluding hydrogens is 148 g/mol. The molecule has 11 heavy (non-hydrogen) atoms. The SMILES string of the molecule is CC1OC1OCCC1(O)CO1. The highest BCUT2D eigenvalue weighted by Crippen LogP contribution is 2.28. The molecule has 0 spiro atoms. The van der Waals surface area contributed by atoms with Gasteiger partial charge in [0.2, 0.25) is 0 Å². The number of hydrogen-bond acceptors (Lipinski definition) is 4. The second kappa shape index (κ2) is 2.42. The van der Waals surface area contributed by atoms with Gasteiger partial charge in [-0.3, -0.25) is 0 Å². The van der Waals surface area contributed by atoms with Crippen molar-refractivity contribution in [2.45, 2.75) is 31.5 Å². The van der Waals surface area contributed by atoms with E-state index >= 15 is 0 Å². The maximum absolute atomic E-state index is 9.18. The van der Waals surface area contributed by atoms with E-state index in [0.29, 0.717) is 19.6 Å². The second-order valence-corrected chi connectivity index (χ2v) is 3.07. The van der Waals surface area contributed by atoms with E-state index in [0.717, 1.165) is 0 Å². The van der Waals surface area contributed by atoms with Crippen molar-refractivity contribution < 1.29 is 19.3 Å². The molecular formula is C7H12O4. The fraction of sp³-hybridized carbons (Fsp3) is 1.00. The van der Waals surface area contributed by atoms with Crippen LogP contribution in [0.3, 0.4) is 0 Å². The molecule has 2 fully saturated rings. The third-order valence-electron chi connectivity index (χ3n) is 1.91. The molecule has 2 aliphatic heterocycles. The van der Waals surface area contributed by atoms with Gasteiger partial charge < -0.3 is 19.3 Å². The van der Waals surface area contributed by atoms with Crippen LogP contribution in [-0.2, 0) is 14.2 Å². The highest BCUT2D eigenvalue weighted by Gasteiger charge is 2.43. The molecule has 0 aliphatic carbocycles. The highest BCUT2D eigenvalue weighted by molar-refractivity contribution is 4.79. The summed E-state index contributed by atoms with van der Waals surface area (Å²) < 4.78 is 15.0. The van der Waals surface area contributed by atoms with Crippen LogP contribution in [0.15, 0.2) is 0 Å². The van der Waals surface area contributed by atoms with Crippen LogP contribution < -0.4 is 0 Å². The molecule has 2 saturated heterocycles. The van der Waals surface area contributed by atoms with Crippen molar-refractivity contribution in [3.05, 3.63) is 0 Å². The van der Waals surface area contributed by atoms with Gasteiger partial charge in [0, 0.05) is 6.42 Å². The number of hydrogen-bond donors (Lipinski definition) is 1. The molecule has 0 amide bonds. The van der Waals surface area contributed by atoms with Crippen LogP contribution in [0.25, 0.3) is 0 Å². The lowest BCUT2D eigenvalue weighted by atomic mass is 10.3. The van der Waals surface area contributed by atoms with Crippen LogP contribution in [0.2, 0.25) is 0 Å². The van der Waals surface area contributed by atoms with Gasteiger partial charge in [0.1, 0.15) is 12.7 Å². The molecule has 0 aromatic heterocycles. The van der Waals surface area contributed by atoms with E-state index in [1.54, 1.807) is 0 Å². The van der Waals surface area contributed by atoms with Gasteiger partial charge in [-0.05, 0) is 6.92 Å². The molecule has 3 atom stereocenters. The van der Waals surface area contributed by atoms with Crippen molar-refractivity contribution in [1.29, 1.82) is 0 Å². The van der Waals surface area contributed by atoms with Gasteiger partial charge in [0.25, 0.3) is 0 Å². The first-order valence-corrected chi connectivity index (χ1v) is 3.83. The van der Waals surface area contributed by atoms with E-state index in [-0.39, 0.29) is 12.4 Å². The van der Waals surface area contributed by atoms with Crippen LogP contribution >= 0.6 is 0 Å². The zero-order valence-electron chi connectivity index (χ0n) is 6.45. The van der Waals surface area contributed by atoms with Crippen LogP contribution in [-0.4, -0.2) is 36.5 Å². The Balaban J connectivity index is 1.54. The summed E-state index contributed by atoms with van der Waals surface area (Å²) in [5.74, 6) is -0.877. The Bertz CT molecular complexity index is 155. The molecule has 4 nitrogen and oxygen atoms in total. The van der Waals surface area contributed by atoms with Gasteiger partial charge in [-0.2, -0.15) is 0 Å². The van der Waals surface area contributed by atoms with E-state index in [2.05, 4.69) is 0 Å². The smallest absolute Gasteiger partial charge is 0.191 e. The average molecular weight is 160 g/mol. The summed E-state index contributed by atoms with van der Waals surface area (Å²) in [4.78, 5) is 0. The average Bonchev–Trinajstić information content (AvgIpc) is 2.79. The quantitative estimate of drug-likeness (QED) is 0.581. The molecule has 2 heterocycles. The van der Waals surface area contributed by atoms with Crippen LogP contribution in [0.5, 0.6) is 0 Å². The predicted molar refractivity (Wildman–Crippen MR) is 35.8 cm³/mol. The summed E-state index contributed by atoms with van der Waals surface area (Å²) in [6.45, 7) is 2.90. The van der Waals surface area contributed by atoms with E-state index in [1.807, 2.05) is 6.92 Å². The second-order valence-electron chi connectivity index (χ2n) is 3.07. The van der Waals surface area contributed by atoms with E-state index < -0.39 is 5.79 Å². The van der Waals surface area contributed by atoms with Crippen molar-refractivity contribution in [2.24, 2.45) is 0 Å². The Kier molecular flexibility index (Phi) is 1.64. The minimum Gasteiger partial charge on any atom is -0.364 e. The van der Waals surface area contributed by atoms with E-state index in [9.17, 15) is 5.11 Å². The minimum atomic E-state index is -0.877. The molecule has 2 aliphatic rings. The van der Waals surface area contributed by atoms with Gasteiger partial charge in [0.15, 0.2) is 12.1 Å². The Labute approximate surface area is 65.1 Å². The summed E-state index contributed by atoms with van der Waals surface area (Å²) in [7, 11) is 0. The topological polar surface area (TPSA) is 54.5 Å². The summed E-state index contributed by atoms with van der Waals surface area (Å²) in [6.07, 6.45) is 0.724. The lowest BCUT2D eigenvalue weighted by Gasteiger charge is -2.02. The molecule has 3 unspecified atom stereocenters. The van der Waals surface area contributed by atoms with Crippen molar-refractivity contribution in [1.82, 2.24) is 0 Å². The number of rotatable bonds is 4. The monoisotopic (exact) mass is 160 g/mol. The van der Waals surface area contributed by atoms with Crippen LogP contribution in [0.4, 0.5) is 0 Å². The van der Waals surface area contributed by atoms with Crippen molar-refractivity contribution in [2.75, 3.05) is 13.2 Å². The first-order chi connectivity index (χ1) is 5.20. The lowest BCUT2D eigenvalue weighted by molar-refractivity contribution is -0.0192. The normalized spacial score (nSPS) is 47.5. The third kappa shape index (κ3) is 1.90. The Morgan fingerprint density at radius 1 is 1.73 bits per heavy atom. The summed E-state index contributed by atoms with van der Waals surface area (Å²) >= 11 is 0. The predicted octanol–water partition coefficient (Wildman–Crippen LogP) is -0.143. The largest absolute Gasteiger partial charge is 0.364 e. The minimum absolute atomic E-state index is 0.0441. The van der Waals surface area contributed by atoms with Crippen LogP contribution in [0.1, 0.15) is 13.3 Å². The maximum atomic E-state index is 9.18. The van der Waals surface area contributed by atoms with Crippen molar-refractivity contribution in [3.63, 3.8) is 0 Å². The fourth-order valence-corrected chi connectivity index (χ4v) is 0.903. The van der Waals surface area contributed by atoms with Crippen LogP contribution in [0, 0.1) is 0 Å². The zero-order chi connectivity index (χ0) is 7.90. The first-order valence-electron chi connectivity index (χ1n) is 3.83. The van der Waals surface area contributed by atoms with Gasteiger partial charge in [-0.15, -0.1) is 0 Å². The fourth-order valence-electron chi connectivity index (χ4n) is 0.903. The molecule has 2 rings (SSSR count). The molecule has 0 saturated carbocycles. The van der Waals surface area contributed by atoms with E-state index in [4.69, 9.17) is 14.2 Å². The molecule has 1 N–H and O–H groups in total. The number of aliphatic hydroxyl groups is 1. The molecule has 64 valence electrons. The molecule has 0 bridgehead atoms. The summed E-state index contributed by atoms with van der Waals surface area (Å²) in [6, 6.07) is 0. The zero-order valence-corrected chi connectivity index (χ0v) is 6.45. The van der Waals surface area contributed by atoms with E-state index in [1.165, 1.54) is 0 Å². The third-order valence-corrected chi connectivity index (χ3v) is 1.91. The van der Waals surface area contributed by atoms with Crippen molar-refractivity contribution >= 4 is 0 Å². The molecule has 0 aromatic rings. The first kappa shape index (κ1) is 7.49. The standard InChI is InChI=1S/C7H12O4/c1-5-6(11-5)9-3-2-7(8)4-10-7/h5-6,8H,2-4H2,1H3. The number of ether oxygens (including phenoxy) is 3. The van der Waals surface area contributed by atoms with Gasteiger partial charge in [-0.25, -0.2) is 0 Å². The summed E-state index contributed by atoms with van der Waals surface area (Å²) in [5, 5.41) is 9.18. The van der Waals surface area contributed by atoms with Crippen molar-refractivity contribution in [3.8, 4) is 0 Å². The Hall–Kier alpha value is -0.160. The Morgan fingerprint density at radius 3 is 2.82 bits per heavy atom. The molecule has 4 heteroatoms. The van der Waals surface area contributed by atoms with Gasteiger partial charge in [-0.1, -0.05) is 0 Å². The summed E-state index contributed by atoms with van der Waals surface area (Å²) in [5.41, 5.74) is 0.